The van der Waals surface area contributed by atoms with Crippen molar-refractivity contribution in [1.29, 1.82) is 5.26 Å². The van der Waals surface area contributed by atoms with Gasteiger partial charge in [0.2, 0.25) is 5.91 Å². The SMILES string of the molecule is N#Cc1ncccc1CN1CCC2NC(=O)CCC2C1. The van der Waals surface area contributed by atoms with Gasteiger partial charge in [-0.25, -0.2) is 4.98 Å². The van der Waals surface area contributed by atoms with E-state index in [0.717, 1.165) is 38.0 Å². The van der Waals surface area contributed by atoms with Crippen LogP contribution in [-0.4, -0.2) is 34.9 Å². The molecule has 5 heteroatoms. The maximum atomic E-state index is 11.4. The topological polar surface area (TPSA) is 69.0 Å². The molecule has 2 fully saturated rings. The summed E-state index contributed by atoms with van der Waals surface area (Å²) in [5, 5.41) is 12.2. The number of likely N-dealkylation sites (tertiary alicyclic amines) is 1. The molecule has 2 atom stereocenters. The Morgan fingerprint density at radius 3 is 3.25 bits per heavy atom. The lowest BCUT2D eigenvalue weighted by Gasteiger charge is -2.41. The van der Waals surface area contributed by atoms with Crippen molar-refractivity contribution in [1.82, 2.24) is 15.2 Å². The molecule has 1 aromatic heterocycles. The Bertz CT molecular complexity index is 551. The fourth-order valence-corrected chi connectivity index (χ4v) is 3.24. The Hall–Kier alpha value is -1.93. The largest absolute Gasteiger partial charge is 0.353 e. The van der Waals surface area contributed by atoms with Crippen LogP contribution in [0.5, 0.6) is 0 Å². The first-order valence-electron chi connectivity index (χ1n) is 7.12. The van der Waals surface area contributed by atoms with Gasteiger partial charge in [-0.15, -0.1) is 0 Å². The van der Waals surface area contributed by atoms with Gasteiger partial charge in [-0.2, -0.15) is 5.26 Å². The van der Waals surface area contributed by atoms with Crippen LogP contribution in [0.2, 0.25) is 0 Å². The van der Waals surface area contributed by atoms with Crippen LogP contribution < -0.4 is 5.32 Å². The molecule has 0 aliphatic carbocycles. The van der Waals surface area contributed by atoms with Crippen molar-refractivity contribution < 1.29 is 4.79 Å². The van der Waals surface area contributed by atoms with Crippen molar-refractivity contribution >= 4 is 5.91 Å². The maximum absolute atomic E-state index is 11.4. The van der Waals surface area contributed by atoms with E-state index in [0.29, 0.717) is 24.1 Å². The molecule has 104 valence electrons. The molecular formula is C15H18N4O. The summed E-state index contributed by atoms with van der Waals surface area (Å²) in [5.41, 5.74) is 1.51. The highest BCUT2D eigenvalue weighted by Crippen LogP contribution is 2.26. The number of pyridine rings is 1. The number of aromatic nitrogens is 1. The minimum absolute atomic E-state index is 0.193. The van der Waals surface area contributed by atoms with E-state index in [2.05, 4.69) is 21.3 Å². The molecule has 0 bridgehead atoms. The maximum Gasteiger partial charge on any atom is 0.220 e. The van der Waals surface area contributed by atoms with Crippen LogP contribution in [0.25, 0.3) is 0 Å². The number of carbonyl (C=O) groups excluding carboxylic acids is 1. The van der Waals surface area contributed by atoms with Gasteiger partial charge in [-0.05, 0) is 24.8 Å². The summed E-state index contributed by atoms with van der Waals surface area (Å²) >= 11 is 0. The van der Waals surface area contributed by atoms with Crippen LogP contribution in [0, 0.1) is 17.2 Å². The van der Waals surface area contributed by atoms with Gasteiger partial charge in [0.05, 0.1) is 0 Å². The Kier molecular flexibility index (Phi) is 3.66. The first-order chi connectivity index (χ1) is 9.76. The first-order valence-corrected chi connectivity index (χ1v) is 7.12. The predicted molar refractivity (Wildman–Crippen MR) is 73.5 cm³/mol. The van der Waals surface area contributed by atoms with Gasteiger partial charge in [0, 0.05) is 43.9 Å². The number of amides is 1. The van der Waals surface area contributed by atoms with Crippen molar-refractivity contribution in [2.45, 2.75) is 31.8 Å². The van der Waals surface area contributed by atoms with Crippen molar-refractivity contribution in [2.75, 3.05) is 13.1 Å². The molecule has 3 rings (SSSR count). The van der Waals surface area contributed by atoms with Crippen LogP contribution in [0.3, 0.4) is 0 Å². The fourth-order valence-electron chi connectivity index (χ4n) is 3.24. The molecular weight excluding hydrogens is 252 g/mol. The van der Waals surface area contributed by atoms with Crippen molar-refractivity contribution in [2.24, 2.45) is 5.92 Å². The second-order valence-corrected chi connectivity index (χ2v) is 5.62. The van der Waals surface area contributed by atoms with Gasteiger partial charge < -0.3 is 5.32 Å². The zero-order valence-electron chi connectivity index (χ0n) is 11.4. The zero-order valence-corrected chi connectivity index (χ0v) is 11.4. The molecule has 1 amide bonds. The van der Waals surface area contributed by atoms with Gasteiger partial charge in [0.25, 0.3) is 0 Å². The van der Waals surface area contributed by atoms with Crippen molar-refractivity contribution in [3.8, 4) is 6.07 Å². The highest BCUT2D eigenvalue weighted by Gasteiger charge is 2.33. The van der Waals surface area contributed by atoms with Crippen LogP contribution in [-0.2, 0) is 11.3 Å². The molecule has 20 heavy (non-hydrogen) atoms. The molecule has 2 saturated heterocycles. The van der Waals surface area contributed by atoms with Crippen LogP contribution in [0.15, 0.2) is 18.3 Å². The third-order valence-electron chi connectivity index (χ3n) is 4.30. The number of rotatable bonds is 2. The van der Waals surface area contributed by atoms with Gasteiger partial charge in [-0.3, -0.25) is 9.69 Å². The van der Waals surface area contributed by atoms with E-state index in [1.54, 1.807) is 6.20 Å². The summed E-state index contributed by atoms with van der Waals surface area (Å²) < 4.78 is 0. The lowest BCUT2D eigenvalue weighted by molar-refractivity contribution is -0.125. The predicted octanol–water partition coefficient (Wildman–Crippen LogP) is 1.05. The van der Waals surface area contributed by atoms with Crippen LogP contribution in [0.1, 0.15) is 30.5 Å². The molecule has 0 radical (unpaired) electrons. The van der Waals surface area contributed by atoms with Gasteiger partial charge >= 0.3 is 0 Å². The first kappa shape index (κ1) is 13.1. The molecule has 1 N–H and O–H groups in total. The van der Waals surface area contributed by atoms with E-state index in [1.165, 1.54) is 0 Å². The number of nitrogens with zero attached hydrogens (tertiary/aromatic N) is 3. The minimum Gasteiger partial charge on any atom is -0.353 e. The molecule has 2 aliphatic heterocycles. The van der Waals surface area contributed by atoms with E-state index >= 15 is 0 Å². The Labute approximate surface area is 118 Å². The number of hydrogen-bond donors (Lipinski definition) is 1. The molecule has 5 nitrogen and oxygen atoms in total. The van der Waals surface area contributed by atoms with E-state index in [1.807, 2.05) is 12.1 Å². The average molecular weight is 270 g/mol. The van der Waals surface area contributed by atoms with E-state index in [4.69, 9.17) is 5.26 Å². The number of piperidine rings is 2. The molecule has 0 spiro atoms. The second-order valence-electron chi connectivity index (χ2n) is 5.62. The zero-order chi connectivity index (χ0) is 13.9. The fraction of sp³-hybridized carbons (Fsp3) is 0.533. The summed E-state index contributed by atoms with van der Waals surface area (Å²) in [6.45, 7) is 2.72. The number of hydrogen-bond acceptors (Lipinski definition) is 4. The molecule has 2 unspecified atom stereocenters. The molecule has 1 aromatic rings. The standard InChI is InChI=1S/C15H18N4O/c16-8-14-11(2-1-6-17-14)9-19-7-5-13-12(10-19)3-4-15(20)18-13/h1-2,6,12-13H,3-5,7,9-10H2,(H,18,20). The van der Waals surface area contributed by atoms with Crippen LogP contribution in [0.4, 0.5) is 0 Å². The number of nitrogens with one attached hydrogen (secondary N) is 1. The lowest BCUT2D eigenvalue weighted by atomic mass is 9.85. The molecule has 0 saturated carbocycles. The summed E-state index contributed by atoms with van der Waals surface area (Å²) in [6.07, 6.45) is 4.28. The number of fused-ring (bicyclic) bond motifs is 1. The minimum atomic E-state index is 0.193. The molecule has 2 aliphatic rings. The van der Waals surface area contributed by atoms with Crippen molar-refractivity contribution in [3.05, 3.63) is 29.6 Å². The Morgan fingerprint density at radius 2 is 2.40 bits per heavy atom. The molecule has 3 heterocycles. The summed E-state index contributed by atoms with van der Waals surface area (Å²) in [5.74, 6) is 0.738. The highest BCUT2D eigenvalue weighted by molar-refractivity contribution is 5.77. The normalized spacial score (nSPS) is 26.4. The van der Waals surface area contributed by atoms with Gasteiger partial charge in [-0.1, -0.05) is 6.07 Å². The highest BCUT2D eigenvalue weighted by atomic mass is 16.1. The third-order valence-corrected chi connectivity index (χ3v) is 4.30. The quantitative estimate of drug-likeness (QED) is 0.872. The van der Waals surface area contributed by atoms with Crippen LogP contribution >= 0.6 is 0 Å². The second kappa shape index (κ2) is 5.59. The van der Waals surface area contributed by atoms with Crippen molar-refractivity contribution in [3.63, 3.8) is 0 Å². The summed E-state index contributed by atoms with van der Waals surface area (Å²) in [6, 6.07) is 6.35. The van der Waals surface area contributed by atoms with E-state index in [9.17, 15) is 4.79 Å². The van der Waals surface area contributed by atoms with Gasteiger partial charge in [0.1, 0.15) is 11.8 Å². The van der Waals surface area contributed by atoms with E-state index in [-0.39, 0.29) is 5.91 Å². The average Bonchev–Trinajstić information content (AvgIpc) is 2.48. The number of carbonyl (C=O) groups is 1. The Balaban J connectivity index is 1.65. The third kappa shape index (κ3) is 2.66. The number of nitriles is 1. The smallest absolute Gasteiger partial charge is 0.220 e. The van der Waals surface area contributed by atoms with E-state index < -0.39 is 0 Å². The Morgan fingerprint density at radius 1 is 1.50 bits per heavy atom. The summed E-state index contributed by atoms with van der Waals surface area (Å²) in [4.78, 5) is 17.9. The summed E-state index contributed by atoms with van der Waals surface area (Å²) in [7, 11) is 0. The monoisotopic (exact) mass is 270 g/mol. The molecule has 0 aromatic carbocycles. The van der Waals surface area contributed by atoms with Gasteiger partial charge in [0.15, 0.2) is 0 Å². The lowest BCUT2D eigenvalue weighted by Crippen LogP contribution is -2.53.